The average Bonchev–Trinajstić information content (AvgIpc) is 3.73. The molecule has 4 aromatic carbocycles. The van der Waals surface area contributed by atoms with Gasteiger partial charge in [-0.25, -0.2) is 4.57 Å². The van der Waals surface area contributed by atoms with Crippen LogP contribution < -0.4 is 5.32 Å². The van der Waals surface area contributed by atoms with E-state index in [2.05, 4.69) is 5.32 Å². The number of fused-ring (bicyclic) bond motifs is 2. The largest absolute Gasteiger partial charge is 0.440 e. The Labute approximate surface area is 268 Å². The smallest absolute Gasteiger partial charge is 0.350 e. The third-order valence-electron chi connectivity index (χ3n) is 8.09. The molecule has 0 unspecified atom stereocenters. The van der Waals surface area contributed by atoms with Crippen LogP contribution in [-0.4, -0.2) is 25.6 Å². The Balaban J connectivity index is 1.40. The molecule has 2 amide bonds. The highest BCUT2D eigenvalue weighted by Gasteiger charge is 2.38. The Hall–Kier alpha value is -5.61. The summed E-state index contributed by atoms with van der Waals surface area (Å²) < 4.78 is 30.2. The van der Waals surface area contributed by atoms with Crippen LogP contribution in [0.25, 0.3) is 33.0 Å². The van der Waals surface area contributed by atoms with Gasteiger partial charge in [-0.15, -0.1) is 0 Å². The Morgan fingerprint density at radius 1 is 0.723 bits per heavy atom. The van der Waals surface area contributed by atoms with Crippen LogP contribution in [0.15, 0.2) is 116 Å². The molecule has 3 heterocycles. The molecule has 234 valence electrons. The highest BCUT2D eigenvalue weighted by atomic mass is 31.2. The van der Waals surface area contributed by atoms with Crippen LogP contribution in [0.5, 0.6) is 0 Å². The molecule has 1 N–H and O–H groups in total. The van der Waals surface area contributed by atoms with E-state index in [9.17, 15) is 24.3 Å². The summed E-state index contributed by atoms with van der Waals surface area (Å²) >= 11 is 0. The van der Waals surface area contributed by atoms with E-state index in [1.807, 2.05) is 60.7 Å². The van der Waals surface area contributed by atoms with Crippen LogP contribution in [0.2, 0.25) is 0 Å². The molecule has 0 saturated carbocycles. The van der Waals surface area contributed by atoms with E-state index in [1.54, 1.807) is 48.1 Å². The predicted octanol–water partition coefficient (Wildman–Crippen LogP) is 7.00. The minimum absolute atomic E-state index is 0.0101. The van der Waals surface area contributed by atoms with Gasteiger partial charge in [-0.05, 0) is 23.3 Å². The van der Waals surface area contributed by atoms with E-state index in [1.165, 1.54) is 22.7 Å². The molecule has 0 saturated heterocycles. The molecular weight excluding hydrogens is 619 g/mol. The number of hydrogen-bond acceptors (Lipinski definition) is 7. The van der Waals surface area contributed by atoms with Gasteiger partial charge in [-0.2, -0.15) is 0 Å². The zero-order chi connectivity index (χ0) is 32.7. The van der Waals surface area contributed by atoms with E-state index in [0.29, 0.717) is 32.9 Å². The van der Waals surface area contributed by atoms with E-state index >= 15 is 0 Å². The highest BCUT2D eigenvalue weighted by molar-refractivity contribution is 7.52. The second kappa shape index (κ2) is 12.0. The lowest BCUT2D eigenvalue weighted by Gasteiger charge is -2.20. The van der Waals surface area contributed by atoms with Crippen molar-refractivity contribution in [3.8, 4) is 0 Å². The number of para-hydroxylation sites is 1. The first-order valence-electron chi connectivity index (χ1n) is 14.7. The van der Waals surface area contributed by atoms with Crippen LogP contribution >= 0.6 is 7.75 Å². The standard InChI is InChI=1S/C35H27N4O7P/c1-37-19-28(27-17-16-25(39(42)43)18-31(27)37)32-33(35(41)36-34(32)40)29-20-38(30-15-9-8-14-26(29)30)47(44,45-21-23-10-4-2-5-11-23)46-22-24-12-6-3-7-13-24/h2-20H,21-22H2,1H3,(H,36,40,41). The predicted molar refractivity (Wildman–Crippen MR) is 177 cm³/mol. The van der Waals surface area contributed by atoms with Crippen LogP contribution in [0.1, 0.15) is 22.3 Å². The first kappa shape index (κ1) is 30.1. The third kappa shape index (κ3) is 5.46. The molecule has 1 aliphatic rings. The second-order valence-electron chi connectivity index (χ2n) is 11.0. The van der Waals surface area contributed by atoms with Crippen molar-refractivity contribution in [2.24, 2.45) is 7.05 Å². The Morgan fingerprint density at radius 2 is 1.26 bits per heavy atom. The molecule has 0 aliphatic carbocycles. The number of imide groups is 1. The van der Waals surface area contributed by atoms with Gasteiger partial charge in [0.05, 0.1) is 40.3 Å². The summed E-state index contributed by atoms with van der Waals surface area (Å²) in [6.07, 6.45) is 3.20. The summed E-state index contributed by atoms with van der Waals surface area (Å²) in [5.41, 5.74) is 3.42. The fourth-order valence-corrected chi connectivity index (χ4v) is 7.48. The lowest BCUT2D eigenvalue weighted by molar-refractivity contribution is -0.384. The van der Waals surface area contributed by atoms with Gasteiger partial charge in [-0.1, -0.05) is 78.9 Å². The molecule has 0 radical (unpaired) electrons. The molecule has 1 aliphatic heterocycles. The van der Waals surface area contributed by atoms with Gasteiger partial charge in [0.25, 0.3) is 17.5 Å². The quantitative estimate of drug-likeness (QED) is 0.0733. The molecule has 12 heteroatoms. The summed E-state index contributed by atoms with van der Waals surface area (Å²) in [5.74, 6) is -1.24. The Kier molecular flexibility index (Phi) is 7.65. The SMILES string of the molecule is Cn1cc(C2=C(c3cn(P(=O)(OCc4ccccc4)OCc4ccccc4)c4ccccc34)C(=O)NC2=O)c2ccc([N+](=O)[O-])cc21. The zero-order valence-electron chi connectivity index (χ0n) is 25.0. The zero-order valence-corrected chi connectivity index (χ0v) is 25.9. The number of rotatable bonds is 10. The molecular formula is C35H27N4O7P. The maximum Gasteiger partial charge on any atom is 0.440 e. The number of non-ortho nitro benzene ring substituents is 1. The van der Waals surface area contributed by atoms with Crippen molar-refractivity contribution in [1.29, 1.82) is 0 Å². The topological polar surface area (TPSA) is 135 Å². The highest BCUT2D eigenvalue weighted by Crippen LogP contribution is 2.54. The first-order valence-corrected chi connectivity index (χ1v) is 16.1. The Morgan fingerprint density at radius 3 is 1.85 bits per heavy atom. The second-order valence-corrected chi connectivity index (χ2v) is 12.9. The van der Waals surface area contributed by atoms with Crippen LogP contribution in [0.4, 0.5) is 5.69 Å². The van der Waals surface area contributed by atoms with E-state index in [4.69, 9.17) is 9.05 Å². The number of carbonyl (C=O) groups excluding carboxylic acids is 2. The Bertz CT molecular complexity index is 2240. The van der Waals surface area contributed by atoms with Gasteiger partial charge in [0.2, 0.25) is 0 Å². The normalized spacial score (nSPS) is 13.6. The van der Waals surface area contributed by atoms with Crippen molar-refractivity contribution in [1.82, 2.24) is 14.2 Å². The number of carbonyl (C=O) groups is 2. The van der Waals surface area contributed by atoms with E-state index in [-0.39, 0.29) is 30.0 Å². The van der Waals surface area contributed by atoms with Crippen molar-refractivity contribution in [2.45, 2.75) is 13.2 Å². The molecule has 0 atom stereocenters. The minimum Gasteiger partial charge on any atom is -0.350 e. The van der Waals surface area contributed by atoms with Gasteiger partial charge < -0.3 is 4.57 Å². The number of nitrogens with zero attached hydrogens (tertiary/aromatic N) is 3. The molecule has 0 spiro atoms. The summed E-state index contributed by atoms with van der Waals surface area (Å²) in [6.45, 7) is -0.0202. The van der Waals surface area contributed by atoms with Gasteiger partial charge in [0.1, 0.15) is 0 Å². The maximum atomic E-state index is 14.8. The number of nitro groups is 1. The number of nitrogens with one attached hydrogen (secondary N) is 1. The van der Waals surface area contributed by atoms with Crippen molar-refractivity contribution >= 4 is 58.2 Å². The lowest BCUT2D eigenvalue weighted by atomic mass is 9.95. The van der Waals surface area contributed by atoms with Gasteiger partial charge in [-0.3, -0.25) is 38.4 Å². The molecule has 47 heavy (non-hydrogen) atoms. The summed E-state index contributed by atoms with van der Waals surface area (Å²) in [7, 11) is -2.43. The summed E-state index contributed by atoms with van der Waals surface area (Å²) in [5, 5.41) is 15.0. The van der Waals surface area contributed by atoms with Crippen LogP contribution in [0, 0.1) is 10.1 Å². The van der Waals surface area contributed by atoms with Crippen LogP contribution in [0.3, 0.4) is 0 Å². The number of benzene rings is 4. The average molecular weight is 647 g/mol. The number of aromatic nitrogens is 2. The molecule has 0 fully saturated rings. The molecule has 2 aromatic heterocycles. The van der Waals surface area contributed by atoms with Crippen molar-refractivity contribution in [2.75, 3.05) is 0 Å². The van der Waals surface area contributed by atoms with Gasteiger partial charge in [0.15, 0.2) is 0 Å². The molecule has 6 aromatic rings. The number of aryl methyl sites for hydroxylation is 1. The number of nitro benzene ring substituents is 1. The van der Waals surface area contributed by atoms with Crippen molar-refractivity contribution in [3.63, 3.8) is 0 Å². The van der Waals surface area contributed by atoms with Gasteiger partial charge in [0, 0.05) is 53.5 Å². The lowest BCUT2D eigenvalue weighted by Crippen LogP contribution is -2.22. The molecule has 0 bridgehead atoms. The van der Waals surface area contributed by atoms with Crippen molar-refractivity contribution in [3.05, 3.63) is 148 Å². The van der Waals surface area contributed by atoms with Crippen LogP contribution in [-0.2, 0) is 43.5 Å². The number of hydrogen-bond donors (Lipinski definition) is 1. The minimum atomic E-state index is -4.13. The molecule has 11 nitrogen and oxygen atoms in total. The molecule has 7 rings (SSSR count). The summed E-state index contributed by atoms with van der Waals surface area (Å²) in [6, 6.07) is 30.0. The van der Waals surface area contributed by atoms with Gasteiger partial charge >= 0.3 is 7.75 Å². The van der Waals surface area contributed by atoms with Crippen molar-refractivity contribution < 1.29 is 28.1 Å². The van der Waals surface area contributed by atoms with E-state index < -0.39 is 24.5 Å². The summed E-state index contributed by atoms with van der Waals surface area (Å²) in [4.78, 5) is 37.9. The number of amides is 2. The monoisotopic (exact) mass is 646 g/mol. The maximum absolute atomic E-state index is 14.8. The first-order chi connectivity index (χ1) is 22.7. The van der Waals surface area contributed by atoms with E-state index in [0.717, 1.165) is 11.1 Å². The fraction of sp³-hybridized carbons (Fsp3) is 0.0857. The third-order valence-corrected chi connectivity index (χ3v) is 9.86. The fourth-order valence-electron chi connectivity index (χ4n) is 5.84.